The van der Waals surface area contributed by atoms with Gasteiger partial charge in [-0.2, -0.15) is 18.3 Å². The van der Waals surface area contributed by atoms with E-state index in [4.69, 9.17) is 11.6 Å². The van der Waals surface area contributed by atoms with Gasteiger partial charge in [0, 0.05) is 19.8 Å². The van der Waals surface area contributed by atoms with Gasteiger partial charge in [-0.25, -0.2) is 4.68 Å². The lowest BCUT2D eigenvalue weighted by molar-refractivity contribution is -0.137. The first-order valence-corrected chi connectivity index (χ1v) is 9.41. The predicted molar refractivity (Wildman–Crippen MR) is 111 cm³/mol. The molecular formula is C21H18ClF3N4O2. The van der Waals surface area contributed by atoms with E-state index in [0.29, 0.717) is 16.9 Å². The lowest BCUT2D eigenvalue weighted by Gasteiger charge is -2.13. The molecule has 10 heteroatoms. The molecule has 0 aliphatic rings. The second kappa shape index (κ2) is 8.43. The van der Waals surface area contributed by atoms with E-state index in [9.17, 15) is 22.8 Å². The average Bonchev–Trinajstić information content (AvgIpc) is 3.08. The summed E-state index contributed by atoms with van der Waals surface area (Å²) in [6, 6.07) is 9.15. The number of hydrogen-bond acceptors (Lipinski definition) is 3. The maximum absolute atomic E-state index is 13.0. The van der Waals surface area contributed by atoms with Gasteiger partial charge < -0.3 is 10.2 Å². The van der Waals surface area contributed by atoms with E-state index in [-0.39, 0.29) is 22.2 Å². The number of aromatic nitrogens is 2. The molecule has 0 saturated heterocycles. The molecule has 0 spiro atoms. The number of hydrogen-bond donors (Lipinski definition) is 1. The van der Waals surface area contributed by atoms with Crippen molar-refractivity contribution in [2.45, 2.75) is 13.1 Å². The number of carbonyl (C=O) groups excluding carboxylic acids is 2. The quantitative estimate of drug-likeness (QED) is 0.620. The fraction of sp³-hybridized carbons (Fsp3) is 0.190. The summed E-state index contributed by atoms with van der Waals surface area (Å²) in [5.74, 6) is -0.792. The number of anilines is 1. The molecule has 2 amide bonds. The van der Waals surface area contributed by atoms with Gasteiger partial charge in [0.1, 0.15) is 0 Å². The van der Waals surface area contributed by atoms with Gasteiger partial charge in [0.2, 0.25) is 0 Å². The maximum Gasteiger partial charge on any atom is 0.416 e. The van der Waals surface area contributed by atoms with Crippen LogP contribution in [0.25, 0.3) is 5.69 Å². The standard InChI is InChI=1S/C21H18ClF3N4O2/c1-12-17(11-26-29(12)15-6-4-5-13(9-15)21(23,24)25)19(30)27-14-7-8-16(18(22)10-14)20(31)28(2)3/h4-11H,1-3H3,(H,27,30). The number of nitrogens with zero attached hydrogens (tertiary/aromatic N) is 3. The van der Waals surface area contributed by atoms with Crippen LogP contribution in [0, 0.1) is 6.92 Å². The second-order valence-electron chi connectivity index (χ2n) is 6.95. The van der Waals surface area contributed by atoms with Gasteiger partial charge in [-0.15, -0.1) is 0 Å². The zero-order chi connectivity index (χ0) is 22.9. The summed E-state index contributed by atoms with van der Waals surface area (Å²) in [5.41, 5.74) is 0.563. The first kappa shape index (κ1) is 22.4. The largest absolute Gasteiger partial charge is 0.416 e. The third-order valence-corrected chi connectivity index (χ3v) is 4.85. The molecule has 0 aliphatic heterocycles. The highest BCUT2D eigenvalue weighted by atomic mass is 35.5. The van der Waals surface area contributed by atoms with Crippen LogP contribution in [-0.4, -0.2) is 40.6 Å². The van der Waals surface area contributed by atoms with E-state index >= 15 is 0 Å². The molecule has 31 heavy (non-hydrogen) atoms. The number of amides is 2. The van der Waals surface area contributed by atoms with E-state index in [1.165, 1.54) is 46.1 Å². The van der Waals surface area contributed by atoms with Crippen LogP contribution in [-0.2, 0) is 6.18 Å². The summed E-state index contributed by atoms with van der Waals surface area (Å²) in [6.45, 7) is 1.58. The van der Waals surface area contributed by atoms with Crippen molar-refractivity contribution in [2.75, 3.05) is 19.4 Å². The molecule has 1 aromatic heterocycles. The highest BCUT2D eigenvalue weighted by molar-refractivity contribution is 6.34. The van der Waals surface area contributed by atoms with Gasteiger partial charge in [0.05, 0.1) is 39.3 Å². The SMILES string of the molecule is Cc1c(C(=O)Nc2ccc(C(=O)N(C)C)c(Cl)c2)cnn1-c1cccc(C(F)(F)F)c1. The van der Waals surface area contributed by atoms with E-state index < -0.39 is 17.6 Å². The predicted octanol–water partition coefficient (Wildman–Crippen LogP) is 4.81. The van der Waals surface area contributed by atoms with E-state index in [0.717, 1.165) is 12.1 Å². The summed E-state index contributed by atoms with van der Waals surface area (Å²) in [5, 5.41) is 6.89. The van der Waals surface area contributed by atoms with Gasteiger partial charge in [0.15, 0.2) is 0 Å². The fourth-order valence-electron chi connectivity index (χ4n) is 2.91. The highest BCUT2D eigenvalue weighted by Gasteiger charge is 2.30. The Morgan fingerprint density at radius 2 is 1.81 bits per heavy atom. The van der Waals surface area contributed by atoms with Crippen LogP contribution in [0.3, 0.4) is 0 Å². The lowest BCUT2D eigenvalue weighted by atomic mass is 10.1. The Balaban J connectivity index is 1.84. The first-order valence-electron chi connectivity index (χ1n) is 9.04. The fourth-order valence-corrected chi connectivity index (χ4v) is 3.17. The smallest absolute Gasteiger partial charge is 0.345 e. The summed E-state index contributed by atoms with van der Waals surface area (Å²) >= 11 is 6.16. The molecule has 0 atom stereocenters. The molecule has 6 nitrogen and oxygen atoms in total. The van der Waals surface area contributed by atoms with Crippen molar-refractivity contribution in [2.24, 2.45) is 0 Å². The number of benzene rings is 2. The number of carbonyl (C=O) groups is 2. The van der Waals surface area contributed by atoms with Crippen LogP contribution >= 0.6 is 11.6 Å². The number of rotatable bonds is 4. The summed E-state index contributed by atoms with van der Waals surface area (Å²) in [7, 11) is 3.19. The number of nitrogens with one attached hydrogen (secondary N) is 1. The van der Waals surface area contributed by atoms with Crippen molar-refractivity contribution in [1.29, 1.82) is 0 Å². The monoisotopic (exact) mass is 450 g/mol. The third kappa shape index (κ3) is 4.72. The maximum atomic E-state index is 13.0. The van der Waals surface area contributed by atoms with Crippen molar-refractivity contribution >= 4 is 29.1 Å². The minimum Gasteiger partial charge on any atom is -0.345 e. The Bertz CT molecular complexity index is 1160. The molecule has 1 heterocycles. The van der Waals surface area contributed by atoms with Gasteiger partial charge in [-0.05, 0) is 43.3 Å². The topological polar surface area (TPSA) is 67.2 Å². The van der Waals surface area contributed by atoms with Crippen molar-refractivity contribution in [3.63, 3.8) is 0 Å². The Kier molecular flexibility index (Phi) is 6.08. The normalized spacial score (nSPS) is 11.3. The van der Waals surface area contributed by atoms with Gasteiger partial charge >= 0.3 is 6.18 Å². The van der Waals surface area contributed by atoms with E-state index in [1.54, 1.807) is 21.0 Å². The Morgan fingerprint density at radius 3 is 2.42 bits per heavy atom. The van der Waals surface area contributed by atoms with Crippen molar-refractivity contribution in [3.05, 3.63) is 76.1 Å². The van der Waals surface area contributed by atoms with E-state index in [2.05, 4.69) is 10.4 Å². The van der Waals surface area contributed by atoms with Crippen molar-refractivity contribution in [1.82, 2.24) is 14.7 Å². The Morgan fingerprint density at radius 1 is 1.10 bits per heavy atom. The van der Waals surface area contributed by atoms with Crippen LogP contribution in [0.5, 0.6) is 0 Å². The third-order valence-electron chi connectivity index (χ3n) is 4.54. The zero-order valence-electron chi connectivity index (χ0n) is 16.8. The molecule has 3 aromatic rings. The average molecular weight is 451 g/mol. The zero-order valence-corrected chi connectivity index (χ0v) is 17.5. The van der Waals surface area contributed by atoms with Crippen LogP contribution < -0.4 is 5.32 Å². The van der Waals surface area contributed by atoms with Gasteiger partial charge in [-0.1, -0.05) is 17.7 Å². The summed E-state index contributed by atoms with van der Waals surface area (Å²) < 4.78 is 40.2. The number of alkyl halides is 3. The van der Waals surface area contributed by atoms with Crippen molar-refractivity contribution in [3.8, 4) is 5.69 Å². The number of halogens is 4. The molecule has 162 valence electrons. The summed E-state index contributed by atoms with van der Waals surface area (Å²) in [4.78, 5) is 26.1. The van der Waals surface area contributed by atoms with E-state index in [1.807, 2.05) is 0 Å². The molecule has 0 unspecified atom stereocenters. The Hall–Kier alpha value is -3.33. The molecule has 0 aliphatic carbocycles. The lowest BCUT2D eigenvalue weighted by Crippen LogP contribution is -2.22. The highest BCUT2D eigenvalue weighted by Crippen LogP contribution is 2.30. The van der Waals surface area contributed by atoms with Crippen LogP contribution in [0.15, 0.2) is 48.7 Å². The molecule has 2 aromatic carbocycles. The van der Waals surface area contributed by atoms with Crippen LogP contribution in [0.1, 0.15) is 32.0 Å². The van der Waals surface area contributed by atoms with Crippen LogP contribution in [0.2, 0.25) is 5.02 Å². The molecule has 0 fully saturated rings. The Labute approximate surface area is 181 Å². The molecular weight excluding hydrogens is 433 g/mol. The van der Waals surface area contributed by atoms with Crippen molar-refractivity contribution < 1.29 is 22.8 Å². The first-order chi connectivity index (χ1) is 14.5. The molecule has 1 N–H and O–H groups in total. The minimum atomic E-state index is -4.49. The minimum absolute atomic E-state index is 0.174. The summed E-state index contributed by atoms with van der Waals surface area (Å²) in [6.07, 6.45) is -3.22. The second-order valence-corrected chi connectivity index (χ2v) is 7.36. The van der Waals surface area contributed by atoms with Gasteiger partial charge in [0.25, 0.3) is 11.8 Å². The van der Waals surface area contributed by atoms with Crippen LogP contribution in [0.4, 0.5) is 18.9 Å². The molecule has 0 bridgehead atoms. The molecule has 3 rings (SSSR count). The van der Waals surface area contributed by atoms with Gasteiger partial charge in [-0.3, -0.25) is 9.59 Å². The molecule has 0 saturated carbocycles. The molecule has 0 radical (unpaired) electrons.